The summed E-state index contributed by atoms with van der Waals surface area (Å²) >= 11 is 0. The maximum Gasteiger partial charge on any atom is 0.410 e. The van der Waals surface area contributed by atoms with E-state index in [4.69, 9.17) is 9.26 Å². The van der Waals surface area contributed by atoms with Gasteiger partial charge in [-0.25, -0.2) is 4.79 Å². The molecule has 0 aliphatic carbocycles. The Kier molecular flexibility index (Phi) is 6.63. The molecule has 0 unspecified atom stereocenters. The molecule has 0 aromatic carbocycles. The van der Waals surface area contributed by atoms with E-state index in [1.54, 1.807) is 0 Å². The van der Waals surface area contributed by atoms with Crippen molar-refractivity contribution in [1.29, 1.82) is 0 Å². The van der Waals surface area contributed by atoms with Gasteiger partial charge in [0.1, 0.15) is 5.60 Å². The third-order valence-electron chi connectivity index (χ3n) is 5.47. The number of rotatable bonds is 5. The predicted octanol–water partition coefficient (Wildman–Crippen LogP) is 4.02. The second kappa shape index (κ2) is 8.80. The highest BCUT2D eigenvalue weighted by atomic mass is 16.6. The highest BCUT2D eigenvalue weighted by Crippen LogP contribution is 2.31. The summed E-state index contributed by atoms with van der Waals surface area (Å²) in [5.74, 6) is 1.97. The number of carbonyl (C=O) groups is 1. The zero-order valence-corrected chi connectivity index (χ0v) is 18.1. The third-order valence-corrected chi connectivity index (χ3v) is 5.47. The van der Waals surface area contributed by atoms with E-state index in [1.807, 2.05) is 25.7 Å². The summed E-state index contributed by atoms with van der Waals surface area (Å²) in [4.78, 5) is 21.7. The highest BCUT2D eigenvalue weighted by molar-refractivity contribution is 5.69. The Hall–Kier alpha value is -1.63. The smallest absolute Gasteiger partial charge is 0.410 e. The van der Waals surface area contributed by atoms with Gasteiger partial charge in [-0.2, -0.15) is 4.98 Å². The van der Waals surface area contributed by atoms with Gasteiger partial charge in [-0.15, -0.1) is 0 Å². The van der Waals surface area contributed by atoms with Gasteiger partial charge < -0.3 is 14.2 Å². The third kappa shape index (κ3) is 5.46. The largest absolute Gasteiger partial charge is 0.444 e. The van der Waals surface area contributed by atoms with E-state index in [0.29, 0.717) is 18.5 Å². The first-order chi connectivity index (χ1) is 13.2. The van der Waals surface area contributed by atoms with Crippen molar-refractivity contribution in [2.75, 3.05) is 13.1 Å². The van der Waals surface area contributed by atoms with E-state index < -0.39 is 5.60 Å². The van der Waals surface area contributed by atoms with Crippen LogP contribution >= 0.6 is 0 Å². The number of piperidine rings is 1. The fourth-order valence-corrected chi connectivity index (χ4v) is 4.36. The molecule has 0 N–H and O–H groups in total. The number of ether oxygens (including phenoxy) is 1. The van der Waals surface area contributed by atoms with E-state index in [2.05, 4.69) is 28.9 Å². The minimum Gasteiger partial charge on any atom is -0.444 e. The lowest BCUT2D eigenvalue weighted by atomic mass is 9.94. The average Bonchev–Trinajstić information content (AvgIpc) is 3.23. The quantitative estimate of drug-likeness (QED) is 0.754. The lowest BCUT2D eigenvalue weighted by molar-refractivity contribution is 0.00600. The highest BCUT2D eigenvalue weighted by Gasteiger charge is 2.40. The lowest BCUT2D eigenvalue weighted by Crippen LogP contribution is -2.53. The van der Waals surface area contributed by atoms with Gasteiger partial charge in [0.2, 0.25) is 5.89 Å². The molecule has 28 heavy (non-hydrogen) atoms. The topological polar surface area (TPSA) is 71.7 Å². The number of hydrogen-bond donors (Lipinski definition) is 0. The van der Waals surface area contributed by atoms with Crippen molar-refractivity contribution in [3.63, 3.8) is 0 Å². The molecule has 0 bridgehead atoms. The minimum absolute atomic E-state index is 0.181. The van der Waals surface area contributed by atoms with Crippen molar-refractivity contribution < 1.29 is 14.1 Å². The van der Waals surface area contributed by atoms with Gasteiger partial charge in [-0.05, 0) is 58.9 Å². The Bertz CT molecular complexity index is 652. The van der Waals surface area contributed by atoms with E-state index in [-0.39, 0.29) is 12.1 Å². The zero-order chi connectivity index (χ0) is 20.3. The SMILES string of the molecule is CC(C)Cc1nc(CN2CCCC[C@H]2[C@@H]2CCCN2C(=O)OC(C)(C)C)no1. The van der Waals surface area contributed by atoms with Gasteiger partial charge in [-0.1, -0.05) is 25.4 Å². The number of likely N-dealkylation sites (tertiary alicyclic amines) is 2. The van der Waals surface area contributed by atoms with Gasteiger partial charge in [0.15, 0.2) is 5.82 Å². The van der Waals surface area contributed by atoms with Crippen molar-refractivity contribution >= 4 is 6.09 Å². The second-order valence-electron chi connectivity index (χ2n) is 9.62. The summed E-state index contributed by atoms with van der Waals surface area (Å²) in [6.07, 6.45) is 6.17. The summed E-state index contributed by atoms with van der Waals surface area (Å²) in [6.45, 7) is 12.5. The summed E-state index contributed by atoms with van der Waals surface area (Å²) < 4.78 is 11.1. The van der Waals surface area contributed by atoms with Crippen LogP contribution in [-0.2, 0) is 17.7 Å². The molecule has 3 rings (SSSR count). The van der Waals surface area contributed by atoms with Crippen LogP contribution in [0.15, 0.2) is 4.52 Å². The van der Waals surface area contributed by atoms with Crippen LogP contribution in [0, 0.1) is 5.92 Å². The standard InChI is InChI=1S/C21H36N4O3/c1-15(2)13-19-22-18(23-28-19)14-24-11-7-6-9-16(24)17-10-8-12-25(17)20(26)27-21(3,4)5/h15-17H,6-14H2,1-5H3/t16-,17-/m0/s1. The summed E-state index contributed by atoms with van der Waals surface area (Å²) in [5.41, 5.74) is -0.464. The number of aromatic nitrogens is 2. The van der Waals surface area contributed by atoms with Crippen LogP contribution in [0.2, 0.25) is 0 Å². The molecule has 0 spiro atoms. The molecule has 1 aromatic heterocycles. The number of amides is 1. The van der Waals surface area contributed by atoms with Crippen LogP contribution in [0.4, 0.5) is 4.79 Å². The van der Waals surface area contributed by atoms with Crippen LogP contribution in [0.25, 0.3) is 0 Å². The normalized spacial score (nSPS) is 24.1. The molecular formula is C21H36N4O3. The van der Waals surface area contributed by atoms with Gasteiger partial charge in [0.25, 0.3) is 0 Å². The van der Waals surface area contributed by atoms with Gasteiger partial charge >= 0.3 is 6.09 Å². The van der Waals surface area contributed by atoms with Gasteiger partial charge in [0.05, 0.1) is 12.6 Å². The Morgan fingerprint density at radius 2 is 1.93 bits per heavy atom. The molecule has 0 saturated carbocycles. The molecule has 0 radical (unpaired) electrons. The van der Waals surface area contributed by atoms with Crippen molar-refractivity contribution in [2.24, 2.45) is 5.92 Å². The first-order valence-corrected chi connectivity index (χ1v) is 10.8. The molecule has 2 fully saturated rings. The van der Waals surface area contributed by atoms with Gasteiger partial charge in [-0.3, -0.25) is 4.90 Å². The second-order valence-corrected chi connectivity index (χ2v) is 9.62. The predicted molar refractivity (Wildman–Crippen MR) is 107 cm³/mol. The number of carbonyl (C=O) groups excluding carboxylic acids is 1. The molecule has 7 heteroatoms. The zero-order valence-electron chi connectivity index (χ0n) is 18.1. The Morgan fingerprint density at radius 1 is 1.18 bits per heavy atom. The molecule has 1 amide bonds. The number of hydrogen-bond acceptors (Lipinski definition) is 6. The van der Waals surface area contributed by atoms with Crippen LogP contribution in [0.1, 0.15) is 78.4 Å². The lowest BCUT2D eigenvalue weighted by Gasteiger charge is -2.41. The first kappa shape index (κ1) is 21.1. The average molecular weight is 393 g/mol. The van der Waals surface area contributed by atoms with E-state index >= 15 is 0 Å². The maximum atomic E-state index is 12.7. The first-order valence-electron chi connectivity index (χ1n) is 10.8. The van der Waals surface area contributed by atoms with Crippen molar-refractivity contribution in [1.82, 2.24) is 19.9 Å². The fourth-order valence-electron chi connectivity index (χ4n) is 4.36. The fraction of sp³-hybridized carbons (Fsp3) is 0.857. The van der Waals surface area contributed by atoms with E-state index in [0.717, 1.165) is 50.5 Å². The van der Waals surface area contributed by atoms with E-state index in [1.165, 1.54) is 12.8 Å². The Balaban J connectivity index is 1.68. The van der Waals surface area contributed by atoms with Crippen LogP contribution < -0.4 is 0 Å². The summed E-state index contributed by atoms with van der Waals surface area (Å²) in [5, 5.41) is 4.19. The van der Waals surface area contributed by atoms with E-state index in [9.17, 15) is 4.79 Å². The molecule has 158 valence electrons. The molecular weight excluding hydrogens is 356 g/mol. The maximum absolute atomic E-state index is 12.7. The van der Waals surface area contributed by atoms with Crippen molar-refractivity contribution in [2.45, 2.75) is 97.4 Å². The van der Waals surface area contributed by atoms with Crippen LogP contribution in [-0.4, -0.2) is 56.8 Å². The van der Waals surface area contributed by atoms with Crippen molar-refractivity contribution in [3.8, 4) is 0 Å². The summed E-state index contributed by atoms with van der Waals surface area (Å²) in [7, 11) is 0. The molecule has 2 atom stereocenters. The Labute approximate surface area is 168 Å². The minimum atomic E-state index is -0.464. The molecule has 3 heterocycles. The van der Waals surface area contributed by atoms with Crippen LogP contribution in [0.5, 0.6) is 0 Å². The monoisotopic (exact) mass is 392 g/mol. The van der Waals surface area contributed by atoms with Crippen LogP contribution in [0.3, 0.4) is 0 Å². The molecule has 1 aromatic rings. The molecule has 2 aliphatic heterocycles. The molecule has 2 saturated heterocycles. The Morgan fingerprint density at radius 3 is 2.64 bits per heavy atom. The molecule has 2 aliphatic rings. The number of nitrogens with zero attached hydrogens (tertiary/aromatic N) is 4. The van der Waals surface area contributed by atoms with Gasteiger partial charge in [0, 0.05) is 19.0 Å². The summed E-state index contributed by atoms with van der Waals surface area (Å²) in [6, 6.07) is 0.535. The molecule has 7 nitrogen and oxygen atoms in total. The van der Waals surface area contributed by atoms with Crippen molar-refractivity contribution in [3.05, 3.63) is 11.7 Å².